The molecule has 8 atom stereocenters. The lowest BCUT2D eigenvalue weighted by atomic mass is 9.76. The van der Waals surface area contributed by atoms with Crippen LogP contribution in [0.2, 0.25) is 0 Å². The molecule has 0 bridgehead atoms. The van der Waals surface area contributed by atoms with Crippen molar-refractivity contribution in [2.75, 3.05) is 77.1 Å². The van der Waals surface area contributed by atoms with Gasteiger partial charge in [-0.2, -0.15) is 5.26 Å². The van der Waals surface area contributed by atoms with Gasteiger partial charge in [0.25, 0.3) is 5.92 Å². The van der Waals surface area contributed by atoms with Gasteiger partial charge in [-0.15, -0.1) is 0 Å². The highest BCUT2D eigenvalue weighted by Gasteiger charge is 2.58. The quantitative estimate of drug-likeness (QED) is 0.142. The van der Waals surface area contributed by atoms with E-state index in [1.54, 1.807) is 24.8 Å². The molecule has 2 spiro atoms. The molecule has 8 aliphatic rings. The fourth-order valence-electron chi connectivity index (χ4n) is 14.5. The maximum Gasteiger partial charge on any atom is 0.276 e. The van der Waals surface area contributed by atoms with Gasteiger partial charge in [0.2, 0.25) is 23.6 Å². The molecule has 422 valence electrons. The minimum Gasteiger partial charge on any atom is -0.363 e. The number of amides is 4. The molecule has 6 fully saturated rings. The first-order valence-electron chi connectivity index (χ1n) is 28.7. The number of halogens is 3. The number of carbonyl (C=O) groups is 4. The van der Waals surface area contributed by atoms with E-state index >= 15 is 13.2 Å². The van der Waals surface area contributed by atoms with E-state index in [0.717, 1.165) is 41.3 Å². The molecule has 2 aliphatic carbocycles. The van der Waals surface area contributed by atoms with Gasteiger partial charge in [0.1, 0.15) is 39.9 Å². The molecule has 17 nitrogen and oxygen atoms in total. The molecule has 20 heteroatoms. The lowest BCUT2D eigenvalue weighted by Gasteiger charge is -2.43. The van der Waals surface area contributed by atoms with Crippen LogP contribution in [-0.2, 0) is 49.0 Å². The summed E-state index contributed by atoms with van der Waals surface area (Å²) in [4.78, 5) is 88.2. The molecular formula is C60H72F3N13O4. The van der Waals surface area contributed by atoms with Crippen molar-refractivity contribution in [1.29, 1.82) is 5.26 Å². The van der Waals surface area contributed by atoms with Crippen LogP contribution in [0.5, 0.6) is 0 Å². The number of hydrogen-bond donors (Lipinski definition) is 2. The number of carbonyl (C=O) groups excluding carboxylic acids is 4. The summed E-state index contributed by atoms with van der Waals surface area (Å²) in [6.07, 6.45) is 3.68. The number of fused-ring (bicyclic) bond motifs is 4. The summed E-state index contributed by atoms with van der Waals surface area (Å²) in [5, 5.41) is 16.7. The van der Waals surface area contributed by atoms with Crippen LogP contribution in [0.25, 0.3) is 0 Å². The summed E-state index contributed by atoms with van der Waals surface area (Å²) in [5.41, 5.74) is 2.78. The van der Waals surface area contributed by atoms with E-state index in [2.05, 4.69) is 26.5 Å². The van der Waals surface area contributed by atoms with E-state index in [-0.39, 0.29) is 79.3 Å². The zero-order chi connectivity index (χ0) is 56.3. The third kappa shape index (κ3) is 9.23. The van der Waals surface area contributed by atoms with Crippen LogP contribution >= 0.6 is 0 Å². The van der Waals surface area contributed by atoms with Crippen LogP contribution in [0.4, 0.5) is 24.8 Å². The Kier molecular flexibility index (Phi) is 13.5. The Balaban J connectivity index is 0.730. The number of alkyl halides is 2. The van der Waals surface area contributed by atoms with Crippen LogP contribution < -0.4 is 10.6 Å². The van der Waals surface area contributed by atoms with Crippen molar-refractivity contribution in [3.05, 3.63) is 104 Å². The van der Waals surface area contributed by atoms with Gasteiger partial charge >= 0.3 is 0 Å². The third-order valence-electron chi connectivity index (χ3n) is 19.1. The zero-order valence-electron chi connectivity index (χ0n) is 46.9. The number of likely N-dealkylation sites (N-methyl/N-ethyl adjacent to an activating group) is 2. The largest absolute Gasteiger partial charge is 0.363 e. The smallest absolute Gasteiger partial charge is 0.276 e. The minimum atomic E-state index is -3.59. The monoisotopic (exact) mass is 1100 g/mol. The van der Waals surface area contributed by atoms with E-state index in [1.165, 1.54) is 12.1 Å². The third-order valence-corrected chi connectivity index (χ3v) is 19.1. The minimum absolute atomic E-state index is 0.00967. The van der Waals surface area contributed by atoms with Gasteiger partial charge in [0.05, 0.1) is 65.8 Å². The van der Waals surface area contributed by atoms with Crippen LogP contribution in [0.3, 0.4) is 0 Å². The average Bonchev–Trinajstić information content (AvgIpc) is 4.28. The molecule has 0 radical (unpaired) electrons. The first kappa shape index (κ1) is 53.9. The molecule has 4 amide bonds. The Bertz CT molecular complexity index is 3260. The van der Waals surface area contributed by atoms with Gasteiger partial charge < -0.3 is 40.0 Å². The maximum atomic E-state index is 16.8. The number of nitrogens with one attached hydrogen (secondary N) is 2. The predicted octanol–water partition coefficient (Wildman–Crippen LogP) is 6.81. The van der Waals surface area contributed by atoms with Crippen molar-refractivity contribution in [2.24, 2.45) is 17.8 Å². The number of benzene rings is 2. The Morgan fingerprint density at radius 2 is 1.25 bits per heavy atom. The summed E-state index contributed by atoms with van der Waals surface area (Å²) in [6.45, 7) is 13.7. The molecule has 4 saturated heterocycles. The highest BCUT2D eigenvalue weighted by molar-refractivity contribution is 5.93. The number of nitriles is 1. The van der Waals surface area contributed by atoms with Crippen molar-refractivity contribution in [3.63, 3.8) is 0 Å². The van der Waals surface area contributed by atoms with Crippen molar-refractivity contribution in [1.82, 2.24) is 49.3 Å². The predicted molar refractivity (Wildman–Crippen MR) is 291 cm³/mol. The van der Waals surface area contributed by atoms with Crippen LogP contribution in [0.15, 0.2) is 36.4 Å². The lowest BCUT2D eigenvalue weighted by Crippen LogP contribution is -2.56. The standard InChI is InChI=1S/C60H72F3N13O4/c1-33-39(26-64)10-8-11-43(33)34(2)65-52-46-29-76(57(80)58(18-22-71(6)31-58)50(46)67-36(4)69-52)42-17-21-74(28-42)55(78)45-24-40(45)25-60(62,63)48-13-9-12-44(49(48)61)35(3)66-53-47-30-75(41-16-20-73(27-41)54(77)38-14-15-38)56(79)59(19-23-72(7)32-59)51(47)68-37(5)70-53/h8-13,34-35,38,40-42,45H,14-25,27-32H2,1-7H3,(H,65,67,69)(H,66,68,70)/t34-,35-,40?,41-,42-,45?,58?,59?/m1/s1. The van der Waals surface area contributed by atoms with Crippen LogP contribution in [-0.4, -0.2) is 152 Å². The molecule has 4 aromatic rings. The highest BCUT2D eigenvalue weighted by Crippen LogP contribution is 2.52. The molecule has 2 N–H and O–H groups in total. The number of nitrogens with zero attached hydrogens (tertiary/aromatic N) is 11. The number of likely N-dealkylation sites (tertiary alicyclic amines) is 4. The van der Waals surface area contributed by atoms with E-state index in [4.69, 9.17) is 19.9 Å². The second-order valence-corrected chi connectivity index (χ2v) is 24.7. The topological polar surface area (TPSA) is 187 Å². The number of aryl methyl sites for hydroxylation is 2. The lowest BCUT2D eigenvalue weighted by molar-refractivity contribution is -0.143. The van der Waals surface area contributed by atoms with Crippen molar-refractivity contribution >= 4 is 35.3 Å². The van der Waals surface area contributed by atoms with Gasteiger partial charge in [-0.05, 0) is 130 Å². The summed E-state index contributed by atoms with van der Waals surface area (Å²) in [6, 6.07) is 10.4. The fraction of sp³-hybridized carbons (Fsp3) is 0.583. The molecule has 2 aromatic heterocycles. The van der Waals surface area contributed by atoms with Crippen molar-refractivity contribution in [2.45, 2.75) is 140 Å². The summed E-state index contributed by atoms with van der Waals surface area (Å²) < 4.78 is 50.0. The number of rotatable bonds is 13. The average molecular weight is 1100 g/mol. The molecule has 8 heterocycles. The van der Waals surface area contributed by atoms with Gasteiger partial charge in [-0.3, -0.25) is 19.2 Å². The highest BCUT2D eigenvalue weighted by atomic mass is 19.3. The SMILES string of the molecule is Cc1nc(N[C@H](C)c2cccc(C#N)c2C)c2c(n1)C1(CCN(C)C1)C(=O)N([C@@H]1CCN(C(=O)C3CC3CC(F)(F)c3cccc([C@@H](C)Nc4nc(C)nc5c4CN([C@@H]4CCN(C(=O)C6CC6)C4)C(=O)C54CCN(C)C4)c3F)C1)C2. The van der Waals surface area contributed by atoms with E-state index in [9.17, 15) is 24.4 Å². The normalized spacial score (nSPS) is 27.5. The van der Waals surface area contributed by atoms with Gasteiger partial charge in [-0.25, -0.2) is 33.1 Å². The molecular weight excluding hydrogens is 1020 g/mol. The summed E-state index contributed by atoms with van der Waals surface area (Å²) in [5.74, 6) is -3.95. The van der Waals surface area contributed by atoms with E-state index < -0.39 is 52.4 Å². The van der Waals surface area contributed by atoms with Gasteiger partial charge in [0.15, 0.2) is 0 Å². The molecule has 6 aliphatic heterocycles. The second-order valence-electron chi connectivity index (χ2n) is 24.7. The van der Waals surface area contributed by atoms with Gasteiger partial charge in [-0.1, -0.05) is 30.3 Å². The molecule has 2 aromatic carbocycles. The Hall–Kier alpha value is -6.72. The number of hydrogen-bond acceptors (Lipinski definition) is 13. The molecule has 2 saturated carbocycles. The van der Waals surface area contributed by atoms with Crippen LogP contribution in [0.1, 0.15) is 139 Å². The maximum absolute atomic E-state index is 16.8. The summed E-state index contributed by atoms with van der Waals surface area (Å²) >= 11 is 0. The van der Waals surface area contributed by atoms with Crippen molar-refractivity contribution < 1.29 is 32.3 Å². The Morgan fingerprint density at radius 1 is 0.738 bits per heavy atom. The molecule has 80 heavy (non-hydrogen) atoms. The fourth-order valence-corrected chi connectivity index (χ4v) is 14.5. The zero-order valence-corrected chi connectivity index (χ0v) is 46.9. The summed E-state index contributed by atoms with van der Waals surface area (Å²) in [7, 11) is 3.98. The Labute approximate surface area is 465 Å². The van der Waals surface area contributed by atoms with E-state index in [1.807, 2.05) is 61.7 Å². The molecule has 12 rings (SSSR count). The first-order chi connectivity index (χ1) is 38.2. The number of aromatic nitrogens is 4. The Morgan fingerprint density at radius 3 is 1.76 bits per heavy atom. The first-order valence-corrected chi connectivity index (χ1v) is 28.7. The second kappa shape index (κ2) is 20.1. The van der Waals surface area contributed by atoms with E-state index in [0.29, 0.717) is 112 Å². The van der Waals surface area contributed by atoms with Crippen LogP contribution in [0, 0.1) is 55.7 Å². The van der Waals surface area contributed by atoms with Crippen molar-refractivity contribution in [3.8, 4) is 6.07 Å². The number of anilines is 2. The van der Waals surface area contributed by atoms with Gasteiger partial charge in [0, 0.05) is 74.2 Å². The molecule has 4 unspecified atom stereocenters.